The van der Waals surface area contributed by atoms with Crippen molar-refractivity contribution >= 4 is 11.9 Å². The van der Waals surface area contributed by atoms with Crippen LogP contribution in [-0.2, 0) is 0 Å². The summed E-state index contributed by atoms with van der Waals surface area (Å²) in [6.45, 7) is 0. The Bertz CT molecular complexity index is 431. The maximum Gasteiger partial charge on any atom is 0.329 e. The molecule has 0 saturated heterocycles. The Kier molecular flexibility index (Phi) is 2.19. The lowest BCUT2D eigenvalue weighted by molar-refractivity contribution is 0.405. The van der Waals surface area contributed by atoms with Gasteiger partial charge in [0.25, 0.3) is 0 Å². The van der Waals surface area contributed by atoms with Crippen molar-refractivity contribution in [3.8, 4) is 12.0 Å². The molecular weight excluding hydrogens is 200 g/mol. The minimum Gasteiger partial charge on any atom is -0.388 e. The van der Waals surface area contributed by atoms with Crippen molar-refractivity contribution in [2.24, 2.45) is 0 Å². The van der Waals surface area contributed by atoms with Crippen molar-refractivity contribution in [3.63, 3.8) is 0 Å². The van der Waals surface area contributed by atoms with Crippen LogP contribution in [0.5, 0.6) is 12.0 Å². The number of ether oxygens (including phenoxy) is 1. The minimum absolute atomic E-state index is 0.00639. The number of rotatable bonds is 2. The van der Waals surface area contributed by atoms with Crippen molar-refractivity contribution in [2.45, 2.75) is 0 Å². The van der Waals surface area contributed by atoms with Gasteiger partial charge in [0.15, 0.2) is 0 Å². The van der Waals surface area contributed by atoms with E-state index in [1.54, 1.807) is 0 Å². The van der Waals surface area contributed by atoms with Gasteiger partial charge in [-0.2, -0.15) is 19.9 Å². The highest BCUT2D eigenvalue weighted by Gasteiger charge is 2.04. The van der Waals surface area contributed by atoms with Crippen LogP contribution in [0, 0.1) is 0 Å². The van der Waals surface area contributed by atoms with Gasteiger partial charge in [0.2, 0.25) is 11.9 Å². The van der Waals surface area contributed by atoms with Gasteiger partial charge in [-0.3, -0.25) is 0 Å². The summed E-state index contributed by atoms with van der Waals surface area (Å²) in [5.41, 5.74) is 10.6. The molecule has 2 heterocycles. The minimum atomic E-state index is -0.00639. The summed E-state index contributed by atoms with van der Waals surface area (Å²) in [7, 11) is 0. The van der Waals surface area contributed by atoms with Gasteiger partial charge in [0, 0.05) is 0 Å². The summed E-state index contributed by atoms with van der Waals surface area (Å²) in [6, 6.07) is -0.0128. The molecule has 0 unspecified atom stereocenters. The molecule has 0 aromatic carbocycles. The predicted molar refractivity (Wildman–Crippen MR) is 48.6 cm³/mol. The molecule has 2 aromatic rings. The maximum atomic E-state index is 5.32. The fourth-order valence-electron chi connectivity index (χ4n) is 0.766. The number of nitrogens with two attached hydrogens (primary N) is 2. The number of anilines is 2. The molecule has 2 aromatic heterocycles. The van der Waals surface area contributed by atoms with Crippen LogP contribution in [-0.4, -0.2) is 29.9 Å². The number of aromatic nitrogens is 6. The van der Waals surface area contributed by atoms with Gasteiger partial charge >= 0.3 is 12.0 Å². The fraction of sp³-hybridized carbons (Fsp3) is 0. The molecular formula is C6H6N8O. The van der Waals surface area contributed by atoms with Crippen LogP contribution in [0.2, 0.25) is 0 Å². The Labute approximate surface area is 83.6 Å². The SMILES string of the molecule is Nc1ncnc(Oc2ncnc(N)n2)n1. The van der Waals surface area contributed by atoms with E-state index in [9.17, 15) is 0 Å². The van der Waals surface area contributed by atoms with E-state index in [1.807, 2.05) is 0 Å². The molecule has 9 heteroatoms. The van der Waals surface area contributed by atoms with E-state index in [1.165, 1.54) is 12.7 Å². The zero-order chi connectivity index (χ0) is 10.7. The summed E-state index contributed by atoms with van der Waals surface area (Å²) < 4.78 is 5.06. The van der Waals surface area contributed by atoms with Gasteiger partial charge in [-0.15, -0.1) is 0 Å². The third kappa shape index (κ3) is 2.21. The van der Waals surface area contributed by atoms with E-state index in [4.69, 9.17) is 16.2 Å². The van der Waals surface area contributed by atoms with Crippen LogP contribution in [0.4, 0.5) is 11.9 Å². The van der Waals surface area contributed by atoms with E-state index in [-0.39, 0.29) is 23.9 Å². The Hall–Kier alpha value is -2.58. The molecule has 0 saturated carbocycles. The van der Waals surface area contributed by atoms with Crippen LogP contribution < -0.4 is 16.2 Å². The number of nitrogens with zero attached hydrogens (tertiary/aromatic N) is 6. The monoisotopic (exact) mass is 206 g/mol. The second kappa shape index (κ2) is 3.65. The average Bonchev–Trinajstić information content (AvgIpc) is 2.17. The molecule has 4 N–H and O–H groups in total. The largest absolute Gasteiger partial charge is 0.388 e. The molecule has 0 fully saturated rings. The van der Waals surface area contributed by atoms with Crippen LogP contribution in [0.1, 0.15) is 0 Å². The van der Waals surface area contributed by atoms with Gasteiger partial charge in [-0.1, -0.05) is 0 Å². The molecule has 15 heavy (non-hydrogen) atoms. The molecule has 0 bridgehead atoms. The fourth-order valence-corrected chi connectivity index (χ4v) is 0.766. The molecule has 2 rings (SSSR count). The second-order valence-corrected chi connectivity index (χ2v) is 2.35. The molecule has 9 nitrogen and oxygen atoms in total. The first kappa shape index (κ1) is 8.99. The van der Waals surface area contributed by atoms with Crippen molar-refractivity contribution in [3.05, 3.63) is 12.7 Å². The zero-order valence-electron chi connectivity index (χ0n) is 7.40. The standard InChI is InChI=1S/C6H6N8O/c7-3-9-1-11-5(13-3)15-6-12-2-10-4(8)14-6/h1-2H,(H2,7,9,11,13)(H2,8,10,12,14). The van der Waals surface area contributed by atoms with E-state index in [2.05, 4.69) is 29.9 Å². The van der Waals surface area contributed by atoms with E-state index >= 15 is 0 Å². The van der Waals surface area contributed by atoms with E-state index in [0.29, 0.717) is 0 Å². The predicted octanol–water partition coefficient (Wildman–Crippen LogP) is -0.987. The van der Waals surface area contributed by atoms with Crippen LogP contribution >= 0.6 is 0 Å². The van der Waals surface area contributed by atoms with E-state index < -0.39 is 0 Å². The Morgan fingerprint density at radius 1 is 0.800 bits per heavy atom. The van der Waals surface area contributed by atoms with Crippen molar-refractivity contribution < 1.29 is 4.74 Å². The average molecular weight is 206 g/mol. The third-order valence-corrected chi connectivity index (χ3v) is 1.32. The molecule has 0 amide bonds. The first-order chi connectivity index (χ1) is 7.24. The van der Waals surface area contributed by atoms with E-state index in [0.717, 1.165) is 0 Å². The van der Waals surface area contributed by atoms with Gasteiger partial charge in [0.1, 0.15) is 12.7 Å². The third-order valence-electron chi connectivity index (χ3n) is 1.32. The van der Waals surface area contributed by atoms with Gasteiger partial charge in [-0.05, 0) is 0 Å². The quantitative estimate of drug-likeness (QED) is 0.633. The second-order valence-electron chi connectivity index (χ2n) is 2.35. The lowest BCUT2D eigenvalue weighted by atomic mass is 10.9. The summed E-state index contributed by atoms with van der Waals surface area (Å²) in [4.78, 5) is 22.0. The Balaban J connectivity index is 2.22. The zero-order valence-corrected chi connectivity index (χ0v) is 7.40. The smallest absolute Gasteiger partial charge is 0.329 e. The number of hydrogen-bond acceptors (Lipinski definition) is 9. The Morgan fingerprint density at radius 2 is 1.27 bits per heavy atom. The highest BCUT2D eigenvalue weighted by atomic mass is 16.5. The summed E-state index contributed by atoms with van der Waals surface area (Å²) in [6.07, 6.45) is 2.42. The highest BCUT2D eigenvalue weighted by molar-refractivity contribution is 5.19. The molecule has 0 aliphatic rings. The van der Waals surface area contributed by atoms with Gasteiger partial charge in [0.05, 0.1) is 0 Å². The normalized spacial score (nSPS) is 9.87. The van der Waals surface area contributed by atoms with Crippen molar-refractivity contribution in [1.29, 1.82) is 0 Å². The molecule has 0 spiro atoms. The van der Waals surface area contributed by atoms with Crippen molar-refractivity contribution in [1.82, 2.24) is 29.9 Å². The lowest BCUT2D eigenvalue weighted by Crippen LogP contribution is -2.02. The summed E-state index contributed by atoms with van der Waals surface area (Å²) >= 11 is 0. The molecule has 76 valence electrons. The highest BCUT2D eigenvalue weighted by Crippen LogP contribution is 2.11. The summed E-state index contributed by atoms with van der Waals surface area (Å²) in [5.74, 6) is 0.0871. The molecule has 0 aliphatic heterocycles. The number of hydrogen-bond donors (Lipinski definition) is 2. The number of nitrogen functional groups attached to an aromatic ring is 2. The molecule has 0 atom stereocenters. The van der Waals surface area contributed by atoms with Crippen LogP contribution in [0.25, 0.3) is 0 Å². The topological polar surface area (TPSA) is 139 Å². The van der Waals surface area contributed by atoms with Gasteiger partial charge < -0.3 is 16.2 Å². The maximum absolute atomic E-state index is 5.32. The summed E-state index contributed by atoms with van der Waals surface area (Å²) in [5, 5.41) is 0. The van der Waals surface area contributed by atoms with Crippen LogP contribution in [0.15, 0.2) is 12.7 Å². The molecule has 0 aliphatic carbocycles. The first-order valence-electron chi connectivity index (χ1n) is 3.81. The van der Waals surface area contributed by atoms with Crippen LogP contribution in [0.3, 0.4) is 0 Å². The van der Waals surface area contributed by atoms with Gasteiger partial charge in [-0.25, -0.2) is 9.97 Å². The lowest BCUT2D eigenvalue weighted by Gasteiger charge is -2.00. The Morgan fingerprint density at radius 3 is 1.67 bits per heavy atom. The first-order valence-corrected chi connectivity index (χ1v) is 3.81. The van der Waals surface area contributed by atoms with Crippen molar-refractivity contribution in [2.75, 3.05) is 11.5 Å². The molecule has 0 radical (unpaired) electrons.